The molecule has 1 atom stereocenters. The lowest BCUT2D eigenvalue weighted by atomic mass is 9.87. The highest BCUT2D eigenvalue weighted by atomic mass is 16.6. The molecule has 0 spiro atoms. The van der Waals surface area contributed by atoms with Gasteiger partial charge in [0.25, 0.3) is 5.69 Å². The van der Waals surface area contributed by atoms with Crippen molar-refractivity contribution in [3.05, 3.63) is 69.8 Å². The van der Waals surface area contributed by atoms with Crippen LogP contribution in [0.1, 0.15) is 42.9 Å². The average molecular weight is 379 g/mol. The number of para-hydroxylation sites is 2. The van der Waals surface area contributed by atoms with Crippen molar-refractivity contribution in [2.75, 3.05) is 18.0 Å². The Balaban J connectivity index is 1.38. The van der Waals surface area contributed by atoms with Crippen LogP contribution in [0.4, 0.5) is 11.4 Å². The van der Waals surface area contributed by atoms with E-state index in [9.17, 15) is 14.9 Å². The molecule has 0 saturated carbocycles. The molecule has 1 unspecified atom stereocenters. The molecule has 28 heavy (non-hydrogen) atoms. The lowest BCUT2D eigenvalue weighted by molar-refractivity contribution is -0.384. The molecule has 4 rings (SSSR count). The third kappa shape index (κ3) is 3.72. The Morgan fingerprint density at radius 1 is 1.04 bits per heavy atom. The van der Waals surface area contributed by atoms with Crippen LogP contribution in [0.5, 0.6) is 0 Å². The standard InChI is InChI=1S/C22H25N3O3/c26-22(23-19-9-5-7-16-6-1-2-8-18(16)19)17-12-14-24(15-13-17)20-10-3-4-11-21(20)25(27)28/h1-4,6,8,10-11,17,19H,5,7,9,12-15H2,(H,23,26). The number of piperidine rings is 1. The molecule has 1 N–H and O–H groups in total. The second-order valence-corrected chi connectivity index (χ2v) is 7.66. The fourth-order valence-corrected chi connectivity index (χ4v) is 4.46. The van der Waals surface area contributed by atoms with Crippen LogP contribution in [0.3, 0.4) is 0 Å². The summed E-state index contributed by atoms with van der Waals surface area (Å²) in [5.74, 6) is 0.0806. The third-order valence-corrected chi connectivity index (χ3v) is 5.97. The maximum absolute atomic E-state index is 12.9. The van der Waals surface area contributed by atoms with Crippen LogP contribution in [0.15, 0.2) is 48.5 Å². The number of amides is 1. The number of hydrogen-bond acceptors (Lipinski definition) is 4. The molecule has 1 aliphatic carbocycles. The molecular formula is C22H25N3O3. The maximum atomic E-state index is 12.9. The highest BCUT2D eigenvalue weighted by Gasteiger charge is 2.30. The van der Waals surface area contributed by atoms with Crippen LogP contribution in [0, 0.1) is 16.0 Å². The van der Waals surface area contributed by atoms with Crippen molar-refractivity contribution in [3.63, 3.8) is 0 Å². The highest BCUT2D eigenvalue weighted by molar-refractivity contribution is 5.79. The van der Waals surface area contributed by atoms with Crippen molar-refractivity contribution >= 4 is 17.3 Å². The van der Waals surface area contributed by atoms with Crippen LogP contribution in [-0.2, 0) is 11.2 Å². The van der Waals surface area contributed by atoms with Crippen molar-refractivity contribution < 1.29 is 9.72 Å². The fourth-order valence-electron chi connectivity index (χ4n) is 4.46. The predicted molar refractivity (Wildman–Crippen MR) is 108 cm³/mol. The van der Waals surface area contributed by atoms with E-state index < -0.39 is 0 Å². The average Bonchev–Trinajstić information content (AvgIpc) is 2.74. The number of nitrogens with zero attached hydrogens (tertiary/aromatic N) is 2. The lowest BCUT2D eigenvalue weighted by Gasteiger charge is -2.34. The zero-order valence-corrected chi connectivity index (χ0v) is 15.8. The predicted octanol–water partition coefficient (Wildman–Crippen LogP) is 4.01. The van der Waals surface area contributed by atoms with Gasteiger partial charge in [0.15, 0.2) is 0 Å². The van der Waals surface area contributed by atoms with Crippen molar-refractivity contribution in [2.24, 2.45) is 5.92 Å². The first-order valence-electron chi connectivity index (χ1n) is 10.00. The number of fused-ring (bicyclic) bond motifs is 1. The van der Waals surface area contributed by atoms with Gasteiger partial charge >= 0.3 is 0 Å². The number of benzene rings is 2. The summed E-state index contributed by atoms with van der Waals surface area (Å²) in [7, 11) is 0. The molecule has 1 fully saturated rings. The Labute approximate surface area is 164 Å². The molecule has 1 amide bonds. The minimum absolute atomic E-state index is 0.0342. The van der Waals surface area contributed by atoms with Gasteiger partial charge in [-0.15, -0.1) is 0 Å². The minimum atomic E-state index is -0.339. The molecule has 1 heterocycles. The number of hydrogen-bond donors (Lipinski definition) is 1. The smallest absolute Gasteiger partial charge is 0.292 e. The van der Waals surface area contributed by atoms with E-state index in [-0.39, 0.29) is 28.5 Å². The second-order valence-electron chi connectivity index (χ2n) is 7.66. The van der Waals surface area contributed by atoms with Gasteiger partial charge in [0.2, 0.25) is 5.91 Å². The Bertz CT molecular complexity index is 875. The molecule has 6 heteroatoms. The van der Waals surface area contributed by atoms with Crippen molar-refractivity contribution in [1.29, 1.82) is 0 Å². The van der Waals surface area contributed by atoms with Crippen LogP contribution >= 0.6 is 0 Å². The van der Waals surface area contributed by atoms with E-state index in [1.165, 1.54) is 17.2 Å². The van der Waals surface area contributed by atoms with Crippen LogP contribution in [-0.4, -0.2) is 23.9 Å². The first-order chi connectivity index (χ1) is 13.6. The molecule has 2 aromatic carbocycles. The van der Waals surface area contributed by atoms with Crippen LogP contribution in [0.2, 0.25) is 0 Å². The van der Waals surface area contributed by atoms with E-state index in [0.717, 1.165) is 19.3 Å². The van der Waals surface area contributed by atoms with Crippen molar-refractivity contribution in [1.82, 2.24) is 5.32 Å². The number of aryl methyl sites for hydroxylation is 1. The Kier molecular flexibility index (Phi) is 5.28. The molecule has 2 aliphatic rings. The monoisotopic (exact) mass is 379 g/mol. The van der Waals surface area contributed by atoms with Gasteiger partial charge in [-0.1, -0.05) is 36.4 Å². The molecule has 1 aliphatic heterocycles. The first-order valence-corrected chi connectivity index (χ1v) is 10.00. The molecule has 0 radical (unpaired) electrons. The summed E-state index contributed by atoms with van der Waals surface area (Å²) in [6.07, 6.45) is 4.59. The molecule has 146 valence electrons. The van der Waals surface area contributed by atoms with Gasteiger partial charge in [0.1, 0.15) is 5.69 Å². The molecule has 1 saturated heterocycles. The van der Waals surface area contributed by atoms with Gasteiger partial charge in [-0.25, -0.2) is 0 Å². The second kappa shape index (κ2) is 8.00. The number of nitrogens with one attached hydrogen (secondary N) is 1. The number of carbonyl (C=O) groups excluding carboxylic acids is 1. The van der Waals surface area contributed by atoms with Gasteiger partial charge in [-0.05, 0) is 49.3 Å². The van der Waals surface area contributed by atoms with Gasteiger partial charge in [-0.2, -0.15) is 0 Å². The molecule has 0 bridgehead atoms. The molecule has 6 nitrogen and oxygen atoms in total. The van der Waals surface area contributed by atoms with Crippen molar-refractivity contribution in [3.8, 4) is 0 Å². The van der Waals surface area contributed by atoms with E-state index >= 15 is 0 Å². The summed E-state index contributed by atoms with van der Waals surface area (Å²) >= 11 is 0. The zero-order valence-electron chi connectivity index (χ0n) is 15.8. The summed E-state index contributed by atoms with van der Waals surface area (Å²) < 4.78 is 0. The molecule has 2 aromatic rings. The summed E-state index contributed by atoms with van der Waals surface area (Å²) in [5.41, 5.74) is 3.36. The fraction of sp³-hybridized carbons (Fsp3) is 0.409. The summed E-state index contributed by atoms with van der Waals surface area (Å²) in [4.78, 5) is 25.8. The quantitative estimate of drug-likeness (QED) is 0.643. The minimum Gasteiger partial charge on any atom is -0.366 e. The Morgan fingerprint density at radius 3 is 2.54 bits per heavy atom. The topological polar surface area (TPSA) is 75.5 Å². The van der Waals surface area contributed by atoms with Crippen LogP contribution < -0.4 is 10.2 Å². The maximum Gasteiger partial charge on any atom is 0.292 e. The lowest BCUT2D eigenvalue weighted by Crippen LogP contribution is -2.42. The first kappa shape index (κ1) is 18.5. The number of rotatable bonds is 4. The van der Waals surface area contributed by atoms with E-state index in [1.54, 1.807) is 12.1 Å². The third-order valence-electron chi connectivity index (χ3n) is 5.97. The van der Waals surface area contributed by atoms with Gasteiger partial charge in [-0.3, -0.25) is 14.9 Å². The number of nitro benzene ring substituents is 1. The normalized spacial score (nSPS) is 19.7. The SMILES string of the molecule is O=C(NC1CCCc2ccccc21)C1CCN(c2ccccc2[N+](=O)[O-])CC1. The van der Waals surface area contributed by atoms with E-state index in [1.807, 2.05) is 17.0 Å². The summed E-state index contributed by atoms with van der Waals surface area (Å²) in [6, 6.07) is 15.3. The Hall–Kier alpha value is -2.89. The van der Waals surface area contributed by atoms with Crippen molar-refractivity contribution in [2.45, 2.75) is 38.1 Å². The molecular weight excluding hydrogens is 354 g/mol. The van der Waals surface area contributed by atoms with E-state index in [2.05, 4.69) is 23.5 Å². The van der Waals surface area contributed by atoms with Crippen LogP contribution in [0.25, 0.3) is 0 Å². The summed E-state index contributed by atoms with van der Waals surface area (Å²) in [6.45, 7) is 1.31. The number of anilines is 1. The number of carbonyl (C=O) groups is 1. The summed E-state index contributed by atoms with van der Waals surface area (Å²) in [5, 5.41) is 14.5. The van der Waals surface area contributed by atoms with E-state index in [4.69, 9.17) is 0 Å². The largest absolute Gasteiger partial charge is 0.366 e. The van der Waals surface area contributed by atoms with Gasteiger partial charge in [0.05, 0.1) is 11.0 Å². The Morgan fingerprint density at radius 2 is 1.75 bits per heavy atom. The van der Waals surface area contributed by atoms with E-state index in [0.29, 0.717) is 31.6 Å². The van der Waals surface area contributed by atoms with Gasteiger partial charge in [0, 0.05) is 25.1 Å². The molecule has 0 aromatic heterocycles. The number of nitro groups is 1. The zero-order chi connectivity index (χ0) is 19.5. The highest BCUT2D eigenvalue weighted by Crippen LogP contribution is 2.33. The van der Waals surface area contributed by atoms with Gasteiger partial charge < -0.3 is 10.2 Å².